The van der Waals surface area contributed by atoms with Crippen LogP contribution in [0.3, 0.4) is 0 Å². The fourth-order valence-electron chi connectivity index (χ4n) is 2.96. The van der Waals surface area contributed by atoms with Gasteiger partial charge in [0.1, 0.15) is 0 Å². The molecule has 140 valence electrons. The van der Waals surface area contributed by atoms with Crippen molar-refractivity contribution in [2.45, 2.75) is 19.3 Å². The van der Waals surface area contributed by atoms with Gasteiger partial charge in [-0.15, -0.1) is 0 Å². The van der Waals surface area contributed by atoms with Gasteiger partial charge in [-0.05, 0) is 30.7 Å². The van der Waals surface area contributed by atoms with Gasteiger partial charge in [-0.1, -0.05) is 36.4 Å². The highest BCUT2D eigenvalue weighted by molar-refractivity contribution is 5.84. The topological polar surface area (TPSA) is 12.9 Å². The Morgan fingerprint density at radius 2 is 1.30 bits per heavy atom. The van der Waals surface area contributed by atoms with Crippen molar-refractivity contribution in [1.29, 1.82) is 0 Å². The van der Waals surface area contributed by atoms with Crippen molar-refractivity contribution >= 4 is 0 Å². The maximum Gasteiger partial charge on any atom is 0.417 e. The molecule has 3 aromatic rings. The molecule has 0 amide bonds. The second kappa shape index (κ2) is 6.72. The largest absolute Gasteiger partial charge is 0.417 e. The Hall–Kier alpha value is -2.83. The number of hydrogen-bond acceptors (Lipinski definition) is 1. The van der Waals surface area contributed by atoms with Crippen LogP contribution in [-0.2, 0) is 12.4 Å². The predicted molar refractivity (Wildman–Crippen MR) is 89.9 cm³/mol. The van der Waals surface area contributed by atoms with Crippen LogP contribution >= 0.6 is 0 Å². The van der Waals surface area contributed by atoms with Gasteiger partial charge >= 0.3 is 12.4 Å². The third-order valence-corrected chi connectivity index (χ3v) is 4.02. The summed E-state index contributed by atoms with van der Waals surface area (Å²) >= 11 is 0. The summed E-state index contributed by atoms with van der Waals surface area (Å²) in [5, 5.41) is 0. The van der Waals surface area contributed by atoms with Crippen molar-refractivity contribution in [3.63, 3.8) is 0 Å². The van der Waals surface area contributed by atoms with E-state index < -0.39 is 29.0 Å². The summed E-state index contributed by atoms with van der Waals surface area (Å²) in [6.07, 6.45) is -8.57. The number of hydrogen-bond donors (Lipinski definition) is 0. The molecule has 0 radical (unpaired) electrons. The Morgan fingerprint density at radius 3 is 1.81 bits per heavy atom. The lowest BCUT2D eigenvalue weighted by atomic mass is 9.89. The Kier molecular flexibility index (Phi) is 4.71. The molecule has 3 rings (SSSR count). The molecule has 0 aliphatic rings. The Balaban J connectivity index is 2.42. The van der Waals surface area contributed by atoms with Gasteiger partial charge in [0.05, 0.1) is 16.8 Å². The first kappa shape index (κ1) is 18.9. The fraction of sp³-hybridized carbons (Fsp3) is 0.150. The second-order valence-corrected chi connectivity index (χ2v) is 6.00. The zero-order valence-electron chi connectivity index (χ0n) is 14.0. The minimum Gasteiger partial charge on any atom is -0.256 e. The quantitative estimate of drug-likeness (QED) is 0.447. The monoisotopic (exact) mass is 381 g/mol. The third kappa shape index (κ3) is 3.82. The number of benzene rings is 2. The van der Waals surface area contributed by atoms with Gasteiger partial charge in [0, 0.05) is 22.9 Å². The summed E-state index contributed by atoms with van der Waals surface area (Å²) in [6, 6.07) is 12.1. The molecule has 0 unspecified atom stereocenters. The number of aromatic nitrogens is 1. The standard InChI is InChI=1S/C20H13F6N/c1-12-10-15(19(21,22)23)17(16(11-12)20(24,25)26)14-8-5-9-27-18(14)13-6-3-2-4-7-13/h2-11H,1H3. The van der Waals surface area contributed by atoms with Gasteiger partial charge in [-0.25, -0.2) is 0 Å². The molecule has 2 aromatic carbocycles. The predicted octanol–water partition coefficient (Wildman–Crippen LogP) is 6.76. The van der Waals surface area contributed by atoms with E-state index in [0.29, 0.717) is 5.56 Å². The second-order valence-electron chi connectivity index (χ2n) is 6.00. The maximum atomic E-state index is 13.6. The lowest BCUT2D eigenvalue weighted by molar-refractivity contribution is -0.142. The highest BCUT2D eigenvalue weighted by atomic mass is 19.4. The first-order valence-corrected chi connectivity index (χ1v) is 7.89. The Morgan fingerprint density at radius 1 is 0.741 bits per heavy atom. The fourth-order valence-corrected chi connectivity index (χ4v) is 2.96. The van der Waals surface area contributed by atoms with E-state index in [9.17, 15) is 26.3 Å². The van der Waals surface area contributed by atoms with E-state index in [1.807, 2.05) is 0 Å². The molecule has 1 nitrogen and oxygen atoms in total. The SMILES string of the molecule is Cc1cc(C(F)(F)F)c(-c2cccnc2-c2ccccc2)c(C(F)(F)F)c1. The van der Waals surface area contributed by atoms with Gasteiger partial charge in [-0.3, -0.25) is 4.98 Å². The summed E-state index contributed by atoms with van der Waals surface area (Å²) < 4.78 is 81.8. The average molecular weight is 381 g/mol. The Bertz CT molecular complexity index is 923. The van der Waals surface area contributed by atoms with Crippen LogP contribution in [0.15, 0.2) is 60.8 Å². The van der Waals surface area contributed by atoms with Crippen molar-refractivity contribution in [3.8, 4) is 22.4 Å². The first-order chi connectivity index (χ1) is 12.6. The molecule has 27 heavy (non-hydrogen) atoms. The van der Waals surface area contributed by atoms with Gasteiger partial charge in [-0.2, -0.15) is 26.3 Å². The molecule has 1 aromatic heterocycles. The van der Waals surface area contributed by atoms with E-state index >= 15 is 0 Å². The van der Waals surface area contributed by atoms with Gasteiger partial charge in [0.25, 0.3) is 0 Å². The molecule has 7 heteroatoms. The first-order valence-electron chi connectivity index (χ1n) is 7.89. The minimum absolute atomic E-state index is 0.0537. The number of alkyl halides is 6. The van der Waals surface area contributed by atoms with E-state index in [2.05, 4.69) is 4.98 Å². The molecule has 1 heterocycles. The highest BCUT2D eigenvalue weighted by Gasteiger charge is 2.42. The average Bonchev–Trinajstić information content (AvgIpc) is 2.60. The zero-order chi connectivity index (χ0) is 19.8. The van der Waals surface area contributed by atoms with Crippen LogP contribution in [0.1, 0.15) is 16.7 Å². The van der Waals surface area contributed by atoms with Gasteiger partial charge in [0.2, 0.25) is 0 Å². The molecular formula is C20H13F6N. The summed E-state index contributed by atoms with van der Waals surface area (Å²) in [4.78, 5) is 4.06. The molecule has 0 spiro atoms. The van der Waals surface area contributed by atoms with E-state index in [-0.39, 0.29) is 16.8 Å². The van der Waals surface area contributed by atoms with Crippen LogP contribution in [0.2, 0.25) is 0 Å². The molecule has 0 N–H and O–H groups in total. The molecule has 0 bridgehead atoms. The van der Waals surface area contributed by atoms with E-state index in [1.54, 1.807) is 30.3 Å². The molecule has 0 aliphatic heterocycles. The maximum absolute atomic E-state index is 13.6. The summed E-state index contributed by atoms with van der Waals surface area (Å²) in [6.45, 7) is 1.20. The van der Waals surface area contributed by atoms with Crippen LogP contribution in [0.25, 0.3) is 22.4 Å². The van der Waals surface area contributed by atoms with Crippen LogP contribution < -0.4 is 0 Å². The van der Waals surface area contributed by atoms with Crippen LogP contribution in [-0.4, -0.2) is 4.98 Å². The van der Waals surface area contributed by atoms with Crippen LogP contribution in [0.4, 0.5) is 26.3 Å². The van der Waals surface area contributed by atoms with Gasteiger partial charge in [0.15, 0.2) is 0 Å². The molecular weight excluding hydrogens is 368 g/mol. The number of pyridine rings is 1. The lowest BCUT2D eigenvalue weighted by Gasteiger charge is -2.21. The van der Waals surface area contributed by atoms with Crippen LogP contribution in [0.5, 0.6) is 0 Å². The van der Waals surface area contributed by atoms with E-state index in [1.165, 1.54) is 25.3 Å². The summed E-state index contributed by atoms with van der Waals surface area (Å²) in [5.41, 5.74) is -3.44. The van der Waals surface area contributed by atoms with Crippen molar-refractivity contribution in [1.82, 2.24) is 4.98 Å². The number of halogens is 6. The number of rotatable bonds is 2. The summed E-state index contributed by atoms with van der Waals surface area (Å²) in [7, 11) is 0. The number of nitrogens with zero attached hydrogens (tertiary/aromatic N) is 1. The molecule has 0 atom stereocenters. The normalized spacial score (nSPS) is 12.3. The third-order valence-electron chi connectivity index (χ3n) is 4.02. The molecule has 0 saturated heterocycles. The van der Waals surface area contributed by atoms with Gasteiger partial charge < -0.3 is 0 Å². The van der Waals surface area contributed by atoms with Crippen molar-refractivity contribution in [2.24, 2.45) is 0 Å². The zero-order valence-corrected chi connectivity index (χ0v) is 14.0. The highest BCUT2D eigenvalue weighted by Crippen LogP contribution is 2.47. The van der Waals surface area contributed by atoms with Crippen molar-refractivity contribution < 1.29 is 26.3 Å². The molecule has 0 fully saturated rings. The smallest absolute Gasteiger partial charge is 0.256 e. The van der Waals surface area contributed by atoms with E-state index in [4.69, 9.17) is 0 Å². The van der Waals surface area contributed by atoms with Crippen molar-refractivity contribution in [3.05, 3.63) is 77.5 Å². The van der Waals surface area contributed by atoms with E-state index in [0.717, 1.165) is 12.1 Å². The van der Waals surface area contributed by atoms with Crippen molar-refractivity contribution in [2.75, 3.05) is 0 Å². The Labute approximate surface area is 151 Å². The summed E-state index contributed by atoms with van der Waals surface area (Å²) in [5.74, 6) is 0. The minimum atomic E-state index is -4.95. The molecule has 0 aliphatic carbocycles. The number of aryl methyl sites for hydroxylation is 1. The molecule has 0 saturated carbocycles. The van der Waals surface area contributed by atoms with Crippen LogP contribution in [0, 0.1) is 6.92 Å². The lowest BCUT2D eigenvalue weighted by Crippen LogP contribution is -2.15.